The minimum atomic E-state index is -4.55. The average molecular weight is 519 g/mol. The van der Waals surface area contributed by atoms with Gasteiger partial charge in [-0.25, -0.2) is 9.78 Å². The van der Waals surface area contributed by atoms with E-state index < -0.39 is 40.9 Å². The van der Waals surface area contributed by atoms with Crippen LogP contribution in [0.15, 0.2) is 71.8 Å². The summed E-state index contributed by atoms with van der Waals surface area (Å²) in [7, 11) is 0. The lowest BCUT2D eigenvalue weighted by Crippen LogP contribution is -2.17. The van der Waals surface area contributed by atoms with Crippen LogP contribution in [0.4, 0.5) is 24.7 Å². The Morgan fingerprint density at radius 2 is 1.72 bits per heavy atom. The number of thioether (sulfide) groups is 1. The highest BCUT2D eigenvalue weighted by atomic mass is 32.2. The average Bonchev–Trinajstić information content (AvgIpc) is 2.86. The summed E-state index contributed by atoms with van der Waals surface area (Å²) in [5, 5.41) is 13.1. The summed E-state index contributed by atoms with van der Waals surface area (Å²) in [6.07, 6.45) is -3.94. The Morgan fingerprint density at radius 1 is 1.03 bits per heavy atom. The van der Waals surface area contributed by atoms with Crippen molar-refractivity contribution in [2.45, 2.75) is 11.1 Å². The van der Waals surface area contributed by atoms with Gasteiger partial charge in [0.05, 0.1) is 21.8 Å². The van der Waals surface area contributed by atoms with Crippen molar-refractivity contribution in [1.82, 2.24) is 4.98 Å². The fourth-order valence-corrected chi connectivity index (χ4v) is 3.62. The molecule has 0 bridgehead atoms. The second-order valence-electron chi connectivity index (χ2n) is 7.07. The highest BCUT2D eigenvalue weighted by molar-refractivity contribution is 8.00. The molecule has 0 unspecified atom stereocenters. The second kappa shape index (κ2) is 11.4. The molecule has 2 aromatic carbocycles. The number of carbonyl (C=O) groups is 3. The fourth-order valence-electron chi connectivity index (χ4n) is 2.78. The number of nitrogens with zero attached hydrogens (tertiary/aromatic N) is 2. The van der Waals surface area contributed by atoms with Gasteiger partial charge in [-0.1, -0.05) is 12.1 Å². The van der Waals surface area contributed by atoms with E-state index in [2.05, 4.69) is 10.3 Å². The first-order valence-corrected chi connectivity index (χ1v) is 11.0. The molecule has 0 saturated carbocycles. The summed E-state index contributed by atoms with van der Waals surface area (Å²) in [6.45, 7) is -0.601. The zero-order valence-corrected chi connectivity index (χ0v) is 19.0. The largest absolute Gasteiger partial charge is 0.454 e. The van der Waals surface area contributed by atoms with Crippen LogP contribution in [0.25, 0.3) is 0 Å². The molecule has 0 radical (unpaired) electrons. The maximum atomic E-state index is 12.6. The Morgan fingerprint density at radius 3 is 2.33 bits per heavy atom. The van der Waals surface area contributed by atoms with Gasteiger partial charge >= 0.3 is 12.1 Å². The first kappa shape index (κ1) is 26.3. The Bertz CT molecular complexity index is 1280. The number of benzene rings is 2. The van der Waals surface area contributed by atoms with Gasteiger partial charge in [-0.15, -0.1) is 11.8 Å². The van der Waals surface area contributed by atoms with Crippen LogP contribution in [-0.2, 0) is 15.7 Å². The zero-order chi connectivity index (χ0) is 26.3. The number of rotatable bonds is 9. The van der Waals surface area contributed by atoms with E-state index in [1.807, 2.05) is 0 Å². The number of anilines is 1. The van der Waals surface area contributed by atoms with E-state index in [1.165, 1.54) is 18.2 Å². The van der Waals surface area contributed by atoms with Crippen molar-refractivity contribution in [2.75, 3.05) is 17.7 Å². The molecule has 0 saturated heterocycles. The highest BCUT2D eigenvalue weighted by Crippen LogP contribution is 2.29. The lowest BCUT2D eigenvalue weighted by atomic mass is 10.1. The third kappa shape index (κ3) is 7.12. The summed E-state index contributed by atoms with van der Waals surface area (Å²) >= 11 is 0.976. The molecule has 0 aliphatic carbocycles. The molecule has 1 aromatic heterocycles. The first-order valence-electron chi connectivity index (χ1n) is 10.0. The van der Waals surface area contributed by atoms with Crippen molar-refractivity contribution in [3.8, 4) is 0 Å². The molecule has 0 spiro atoms. The Labute approximate surface area is 205 Å². The molecule has 1 amide bonds. The van der Waals surface area contributed by atoms with Crippen LogP contribution in [0.1, 0.15) is 26.3 Å². The standard InChI is InChI=1S/C23H16F3N3O6S/c24-23(25,26)15-7-10-20(27-11-15)28-21(31)13-36-19-4-2-1-3-17(19)22(32)35-12-18(30)14-5-8-16(9-6-14)29(33)34/h1-11H,12-13H2,(H,27,28,31). The molecular formula is C23H16F3N3O6S. The molecule has 0 aliphatic rings. The monoisotopic (exact) mass is 519 g/mol. The third-order valence-electron chi connectivity index (χ3n) is 4.56. The second-order valence-corrected chi connectivity index (χ2v) is 8.08. The van der Waals surface area contributed by atoms with Gasteiger partial charge in [0.25, 0.3) is 5.69 Å². The van der Waals surface area contributed by atoms with Crippen molar-refractivity contribution in [1.29, 1.82) is 0 Å². The van der Waals surface area contributed by atoms with Crippen molar-refractivity contribution in [3.05, 3.63) is 93.7 Å². The van der Waals surface area contributed by atoms with E-state index in [9.17, 15) is 37.7 Å². The number of nitro benzene ring substituents is 1. The van der Waals surface area contributed by atoms with Gasteiger partial charge in [0, 0.05) is 28.8 Å². The number of aromatic nitrogens is 1. The number of alkyl halides is 3. The van der Waals surface area contributed by atoms with E-state index in [4.69, 9.17) is 4.74 Å². The number of hydrogen-bond donors (Lipinski definition) is 1. The number of nitrogens with one attached hydrogen (secondary N) is 1. The van der Waals surface area contributed by atoms with Gasteiger partial charge in [0.2, 0.25) is 5.91 Å². The van der Waals surface area contributed by atoms with Crippen LogP contribution in [0.3, 0.4) is 0 Å². The molecule has 3 rings (SSSR count). The number of hydrogen-bond acceptors (Lipinski definition) is 8. The number of ether oxygens (including phenoxy) is 1. The minimum absolute atomic E-state index is 0.0638. The molecule has 3 aromatic rings. The molecule has 36 heavy (non-hydrogen) atoms. The van der Waals surface area contributed by atoms with Gasteiger partial charge in [-0.05, 0) is 36.4 Å². The molecule has 1 N–H and O–H groups in total. The fraction of sp³-hybridized carbons (Fsp3) is 0.130. The zero-order valence-electron chi connectivity index (χ0n) is 18.2. The van der Waals surface area contributed by atoms with Crippen molar-refractivity contribution in [3.63, 3.8) is 0 Å². The molecule has 9 nitrogen and oxygen atoms in total. The molecule has 0 aliphatic heterocycles. The normalized spacial score (nSPS) is 11.0. The number of amides is 1. The number of Topliss-reactive ketones (excluding diaryl/α,β-unsaturated/α-hetero) is 1. The van der Waals surface area contributed by atoms with Crippen LogP contribution in [0.5, 0.6) is 0 Å². The summed E-state index contributed by atoms with van der Waals surface area (Å²) in [6, 6.07) is 12.8. The summed E-state index contributed by atoms with van der Waals surface area (Å²) in [5.74, 6) is -2.20. The quantitative estimate of drug-likeness (QED) is 0.141. The van der Waals surface area contributed by atoms with Crippen molar-refractivity contribution in [2.24, 2.45) is 0 Å². The first-order chi connectivity index (χ1) is 17.0. The number of pyridine rings is 1. The smallest absolute Gasteiger partial charge is 0.417 e. The number of carbonyl (C=O) groups excluding carboxylic acids is 3. The number of halogens is 3. The molecule has 186 valence electrons. The Kier molecular flexibility index (Phi) is 8.38. The topological polar surface area (TPSA) is 128 Å². The van der Waals surface area contributed by atoms with Gasteiger partial charge in [-0.3, -0.25) is 19.7 Å². The van der Waals surface area contributed by atoms with Gasteiger partial charge in [0.1, 0.15) is 5.82 Å². The Hall–Kier alpha value is -4.26. The lowest BCUT2D eigenvalue weighted by molar-refractivity contribution is -0.384. The van der Waals surface area contributed by atoms with Crippen LogP contribution >= 0.6 is 11.8 Å². The summed E-state index contributed by atoms with van der Waals surface area (Å²) in [5.41, 5.74) is -0.911. The molecule has 0 fully saturated rings. The van der Waals surface area contributed by atoms with Gasteiger partial charge in [-0.2, -0.15) is 13.2 Å². The van der Waals surface area contributed by atoms with E-state index >= 15 is 0 Å². The highest BCUT2D eigenvalue weighted by Gasteiger charge is 2.30. The van der Waals surface area contributed by atoms with Crippen LogP contribution in [-0.4, -0.2) is 39.9 Å². The number of ketones is 1. The van der Waals surface area contributed by atoms with Crippen LogP contribution < -0.4 is 5.32 Å². The van der Waals surface area contributed by atoms with Gasteiger partial charge in [0.15, 0.2) is 12.4 Å². The van der Waals surface area contributed by atoms with Crippen molar-refractivity contribution < 1.29 is 37.2 Å². The van der Waals surface area contributed by atoms with Crippen LogP contribution in [0, 0.1) is 10.1 Å². The predicted molar refractivity (Wildman–Crippen MR) is 123 cm³/mol. The molecular weight excluding hydrogens is 503 g/mol. The molecule has 13 heteroatoms. The summed E-state index contributed by atoms with van der Waals surface area (Å²) < 4.78 is 42.9. The maximum absolute atomic E-state index is 12.6. The number of non-ortho nitro benzene ring substituents is 1. The Balaban J connectivity index is 1.56. The predicted octanol–water partition coefficient (Wildman–Crippen LogP) is 4.78. The van der Waals surface area contributed by atoms with E-state index in [0.717, 1.165) is 36.0 Å². The number of esters is 1. The van der Waals surface area contributed by atoms with E-state index in [-0.39, 0.29) is 28.4 Å². The van der Waals surface area contributed by atoms with Gasteiger partial charge < -0.3 is 10.1 Å². The van der Waals surface area contributed by atoms with Crippen LogP contribution in [0.2, 0.25) is 0 Å². The SMILES string of the molecule is O=C(CSc1ccccc1C(=O)OCC(=O)c1ccc([N+](=O)[O-])cc1)Nc1ccc(C(F)(F)F)cn1. The molecule has 1 heterocycles. The summed E-state index contributed by atoms with van der Waals surface area (Å²) in [4.78, 5) is 51.0. The minimum Gasteiger partial charge on any atom is -0.454 e. The third-order valence-corrected chi connectivity index (χ3v) is 5.63. The van der Waals surface area contributed by atoms with E-state index in [1.54, 1.807) is 18.2 Å². The number of nitro groups is 1. The maximum Gasteiger partial charge on any atom is 0.417 e. The van der Waals surface area contributed by atoms with E-state index in [0.29, 0.717) is 11.1 Å². The molecule has 0 atom stereocenters. The van der Waals surface area contributed by atoms with Crippen molar-refractivity contribution >= 4 is 40.9 Å². The lowest BCUT2D eigenvalue weighted by Gasteiger charge is -2.10.